The van der Waals surface area contributed by atoms with Crippen LogP contribution in [-0.4, -0.2) is 21.0 Å². The molecule has 0 saturated heterocycles. The van der Waals surface area contributed by atoms with Gasteiger partial charge in [0.2, 0.25) is 0 Å². The molecule has 0 spiro atoms. The lowest BCUT2D eigenvalue weighted by molar-refractivity contribution is 0.628. The summed E-state index contributed by atoms with van der Waals surface area (Å²) < 4.78 is 0. The first-order chi connectivity index (χ1) is 8.38. The largest absolute Gasteiger partial charge is 0.365 e. The first kappa shape index (κ1) is 10.1. The first-order valence-corrected chi connectivity index (χ1v) is 5.83. The van der Waals surface area contributed by atoms with Crippen LogP contribution in [0.3, 0.4) is 0 Å². The zero-order valence-corrected chi connectivity index (χ0v) is 9.35. The summed E-state index contributed by atoms with van der Waals surface area (Å²) in [5.41, 5.74) is 0.828. The summed E-state index contributed by atoms with van der Waals surface area (Å²) in [5.74, 6) is 0.919. The number of fused-ring (bicyclic) bond motifs is 1. The summed E-state index contributed by atoms with van der Waals surface area (Å²) in [7, 11) is 0. The quantitative estimate of drug-likeness (QED) is 0.823. The highest BCUT2D eigenvalue weighted by Gasteiger charge is 2.27. The van der Waals surface area contributed by atoms with Gasteiger partial charge in [0, 0.05) is 12.2 Å². The predicted molar refractivity (Wildman–Crippen MR) is 64.3 cm³/mol. The van der Waals surface area contributed by atoms with Crippen LogP contribution in [0.1, 0.15) is 19.3 Å². The third-order valence-electron chi connectivity index (χ3n) is 3.36. The molecule has 86 valence electrons. The fraction of sp³-hybridized carbons (Fsp3) is 0.417. The van der Waals surface area contributed by atoms with Crippen molar-refractivity contribution in [1.29, 1.82) is 5.26 Å². The molecular weight excluding hydrogens is 214 g/mol. The number of aromatic nitrogens is 3. The minimum Gasteiger partial charge on any atom is -0.365 e. The molecule has 0 aliphatic heterocycles. The molecule has 1 aliphatic rings. The zero-order valence-electron chi connectivity index (χ0n) is 9.35. The number of H-pyrrole nitrogens is 1. The topological polar surface area (TPSA) is 77.4 Å². The lowest BCUT2D eigenvalue weighted by Gasteiger charge is -2.16. The summed E-state index contributed by atoms with van der Waals surface area (Å²) in [4.78, 5) is 11.5. The van der Waals surface area contributed by atoms with Crippen molar-refractivity contribution in [2.45, 2.75) is 25.3 Å². The maximum atomic E-state index is 9.06. The van der Waals surface area contributed by atoms with Crippen LogP contribution in [0.2, 0.25) is 0 Å². The summed E-state index contributed by atoms with van der Waals surface area (Å²) in [6.07, 6.45) is 6.51. The Balaban J connectivity index is 1.90. The Morgan fingerprint density at radius 2 is 2.35 bits per heavy atom. The fourth-order valence-corrected chi connectivity index (χ4v) is 2.45. The minimum absolute atomic E-state index is 0.0963. The minimum atomic E-state index is 0.0963. The van der Waals surface area contributed by atoms with Crippen LogP contribution in [0.15, 0.2) is 18.6 Å². The molecule has 5 nitrogen and oxygen atoms in total. The molecule has 17 heavy (non-hydrogen) atoms. The van der Waals surface area contributed by atoms with Crippen molar-refractivity contribution in [3.8, 4) is 6.07 Å². The van der Waals surface area contributed by atoms with Crippen LogP contribution in [0.5, 0.6) is 0 Å². The van der Waals surface area contributed by atoms with E-state index in [2.05, 4.69) is 26.3 Å². The molecule has 3 rings (SSSR count). The van der Waals surface area contributed by atoms with Crippen LogP contribution < -0.4 is 5.32 Å². The molecule has 0 aromatic carbocycles. The summed E-state index contributed by atoms with van der Waals surface area (Å²) in [5, 5.41) is 13.4. The van der Waals surface area contributed by atoms with E-state index in [1.165, 1.54) is 6.33 Å². The molecule has 1 aliphatic carbocycles. The van der Waals surface area contributed by atoms with Crippen molar-refractivity contribution in [2.75, 3.05) is 5.32 Å². The highest BCUT2D eigenvalue weighted by Crippen LogP contribution is 2.29. The molecule has 2 atom stereocenters. The zero-order chi connectivity index (χ0) is 11.7. The lowest BCUT2D eigenvalue weighted by atomic mass is 10.1. The van der Waals surface area contributed by atoms with Gasteiger partial charge in [0.05, 0.1) is 17.4 Å². The van der Waals surface area contributed by atoms with E-state index in [4.69, 9.17) is 5.26 Å². The summed E-state index contributed by atoms with van der Waals surface area (Å²) in [6.45, 7) is 0. The second kappa shape index (κ2) is 4.06. The summed E-state index contributed by atoms with van der Waals surface area (Å²) in [6, 6.07) is 4.53. The number of nitrogens with zero attached hydrogens (tertiary/aromatic N) is 3. The smallest absolute Gasteiger partial charge is 0.142 e. The van der Waals surface area contributed by atoms with Crippen molar-refractivity contribution in [3.63, 3.8) is 0 Å². The number of anilines is 1. The Morgan fingerprint density at radius 3 is 3.24 bits per heavy atom. The maximum absolute atomic E-state index is 9.06. The van der Waals surface area contributed by atoms with Crippen molar-refractivity contribution < 1.29 is 0 Å². The fourth-order valence-electron chi connectivity index (χ4n) is 2.45. The third kappa shape index (κ3) is 1.72. The van der Waals surface area contributed by atoms with E-state index in [-0.39, 0.29) is 12.0 Å². The van der Waals surface area contributed by atoms with E-state index in [1.54, 1.807) is 0 Å². The Kier molecular flexibility index (Phi) is 2.41. The van der Waals surface area contributed by atoms with Crippen molar-refractivity contribution in [1.82, 2.24) is 15.0 Å². The molecule has 2 aromatic heterocycles. The van der Waals surface area contributed by atoms with Gasteiger partial charge in [0.15, 0.2) is 0 Å². The molecule has 0 bridgehead atoms. The van der Waals surface area contributed by atoms with Gasteiger partial charge in [-0.15, -0.1) is 0 Å². The first-order valence-electron chi connectivity index (χ1n) is 5.83. The van der Waals surface area contributed by atoms with Crippen LogP contribution in [0.25, 0.3) is 11.0 Å². The molecule has 2 heterocycles. The van der Waals surface area contributed by atoms with Gasteiger partial charge in [-0.25, -0.2) is 9.97 Å². The van der Waals surface area contributed by atoms with E-state index in [9.17, 15) is 0 Å². The van der Waals surface area contributed by atoms with Crippen LogP contribution in [-0.2, 0) is 0 Å². The second-order valence-corrected chi connectivity index (χ2v) is 4.38. The van der Waals surface area contributed by atoms with Gasteiger partial charge in [-0.05, 0) is 25.3 Å². The monoisotopic (exact) mass is 227 g/mol. The molecule has 1 saturated carbocycles. The standard InChI is InChI=1S/C12H13N5/c13-6-8-2-1-3-10(8)17-12-9-4-5-14-11(9)15-7-16-12/h4-5,7-8,10H,1-3H2,(H2,14,15,16,17). The van der Waals surface area contributed by atoms with Crippen molar-refractivity contribution in [3.05, 3.63) is 18.6 Å². The Morgan fingerprint density at radius 1 is 1.41 bits per heavy atom. The van der Waals surface area contributed by atoms with Crippen molar-refractivity contribution in [2.24, 2.45) is 5.92 Å². The molecule has 1 fully saturated rings. The number of rotatable bonds is 2. The van der Waals surface area contributed by atoms with Gasteiger partial charge in [-0.2, -0.15) is 5.26 Å². The molecular formula is C12H13N5. The van der Waals surface area contributed by atoms with E-state index < -0.39 is 0 Å². The average molecular weight is 227 g/mol. The van der Waals surface area contributed by atoms with Gasteiger partial charge >= 0.3 is 0 Å². The Labute approximate surface area is 98.9 Å². The highest BCUT2D eigenvalue weighted by atomic mass is 15.1. The van der Waals surface area contributed by atoms with Crippen LogP contribution >= 0.6 is 0 Å². The third-order valence-corrected chi connectivity index (χ3v) is 3.36. The number of hydrogen-bond donors (Lipinski definition) is 2. The van der Waals surface area contributed by atoms with Gasteiger partial charge in [-0.1, -0.05) is 0 Å². The van der Waals surface area contributed by atoms with Crippen LogP contribution in [0.4, 0.5) is 5.82 Å². The summed E-state index contributed by atoms with van der Waals surface area (Å²) >= 11 is 0. The molecule has 5 heteroatoms. The molecule has 0 amide bonds. The van der Waals surface area contributed by atoms with E-state index in [1.807, 2.05) is 12.3 Å². The highest BCUT2D eigenvalue weighted by molar-refractivity contribution is 5.86. The molecule has 2 N–H and O–H groups in total. The molecule has 0 radical (unpaired) electrons. The maximum Gasteiger partial charge on any atom is 0.142 e. The second-order valence-electron chi connectivity index (χ2n) is 4.38. The van der Waals surface area contributed by atoms with E-state index in [0.717, 1.165) is 36.1 Å². The normalized spacial score (nSPS) is 23.7. The van der Waals surface area contributed by atoms with Gasteiger partial charge < -0.3 is 10.3 Å². The number of nitrogens with one attached hydrogen (secondary N) is 2. The van der Waals surface area contributed by atoms with Crippen LogP contribution in [0, 0.1) is 17.2 Å². The Bertz CT molecular complexity index is 568. The molecule has 2 aromatic rings. The Hall–Kier alpha value is -2.09. The van der Waals surface area contributed by atoms with E-state index >= 15 is 0 Å². The van der Waals surface area contributed by atoms with E-state index in [0.29, 0.717) is 0 Å². The van der Waals surface area contributed by atoms with Gasteiger partial charge in [0.1, 0.15) is 17.8 Å². The number of nitriles is 1. The SMILES string of the molecule is N#CC1CCCC1Nc1ncnc2[nH]ccc12. The number of aromatic amines is 1. The average Bonchev–Trinajstić information content (AvgIpc) is 2.97. The van der Waals surface area contributed by atoms with Gasteiger partial charge in [-0.3, -0.25) is 0 Å². The molecule has 2 unspecified atom stereocenters. The predicted octanol–water partition coefficient (Wildman–Crippen LogP) is 2.06. The number of hydrogen-bond acceptors (Lipinski definition) is 4. The van der Waals surface area contributed by atoms with Gasteiger partial charge in [0.25, 0.3) is 0 Å². The van der Waals surface area contributed by atoms with Crippen molar-refractivity contribution >= 4 is 16.9 Å². The lowest BCUT2D eigenvalue weighted by Crippen LogP contribution is -2.23.